The van der Waals surface area contributed by atoms with Gasteiger partial charge in [0.25, 0.3) is 5.56 Å². The zero-order valence-corrected chi connectivity index (χ0v) is 27.2. The molecule has 2 fully saturated rings. The van der Waals surface area contributed by atoms with Crippen LogP contribution in [0.3, 0.4) is 0 Å². The van der Waals surface area contributed by atoms with Gasteiger partial charge in [0, 0.05) is 24.4 Å². The molecule has 0 unspecified atom stereocenters. The average Bonchev–Trinajstić information content (AvgIpc) is 3.35. The molecule has 3 aromatic carbocycles. The third kappa shape index (κ3) is 8.83. The first kappa shape index (κ1) is 32.4. The lowest BCUT2D eigenvalue weighted by Gasteiger charge is -2.25. The lowest BCUT2D eigenvalue weighted by molar-refractivity contribution is 0.221. The number of aromatic nitrogens is 2. The minimum absolute atomic E-state index is 0.0323. The number of unbranched alkanes of at least 4 members (excludes halogenated alkanes) is 1. The van der Waals surface area contributed by atoms with Gasteiger partial charge < -0.3 is 9.64 Å². The van der Waals surface area contributed by atoms with E-state index in [0.717, 1.165) is 87.2 Å². The van der Waals surface area contributed by atoms with E-state index < -0.39 is 0 Å². The summed E-state index contributed by atoms with van der Waals surface area (Å²) in [5.74, 6) is 0.720. The highest BCUT2D eigenvalue weighted by Crippen LogP contribution is 2.22. The Kier molecular flexibility index (Phi) is 11.5. The van der Waals surface area contributed by atoms with Crippen LogP contribution >= 0.6 is 0 Å². The molecule has 2 aliphatic rings. The van der Waals surface area contributed by atoms with Gasteiger partial charge in [-0.05, 0) is 119 Å². The number of fused-ring (bicyclic) bond motifs is 1. The van der Waals surface area contributed by atoms with Crippen LogP contribution in [0, 0.1) is 5.82 Å². The zero-order valence-electron chi connectivity index (χ0n) is 27.2. The van der Waals surface area contributed by atoms with E-state index in [4.69, 9.17) is 9.84 Å². The molecule has 4 aromatic rings. The topological polar surface area (TPSA) is 50.6 Å². The van der Waals surface area contributed by atoms with Crippen molar-refractivity contribution in [3.05, 3.63) is 106 Å². The minimum atomic E-state index is -0.250. The third-order valence-corrected chi connectivity index (χ3v) is 9.78. The summed E-state index contributed by atoms with van der Waals surface area (Å²) in [6, 6.07) is 23.2. The van der Waals surface area contributed by atoms with Crippen LogP contribution in [0.4, 0.5) is 4.39 Å². The standard InChI is InChI=1S/C39H49FN4O2/c40-33-19-15-32(16-20-33)29-38-36-13-3-4-14-37(36)39(45)44(41-38)30-34-12-9-27-43(34)26-8-5-11-31-17-21-35(22-18-31)46-28-10-25-42-23-6-1-2-7-24-42/h3-4,13-22,34H,1-2,5-12,23-30H2/t34-/m1/s1. The summed E-state index contributed by atoms with van der Waals surface area (Å²) in [5.41, 5.74) is 3.16. The third-order valence-electron chi connectivity index (χ3n) is 9.78. The summed E-state index contributed by atoms with van der Waals surface area (Å²) in [5, 5.41) is 6.45. The highest BCUT2D eigenvalue weighted by molar-refractivity contribution is 5.83. The number of benzene rings is 3. The van der Waals surface area contributed by atoms with Gasteiger partial charge in [-0.1, -0.05) is 55.3 Å². The monoisotopic (exact) mass is 624 g/mol. The van der Waals surface area contributed by atoms with Gasteiger partial charge in [-0.3, -0.25) is 9.69 Å². The van der Waals surface area contributed by atoms with Gasteiger partial charge in [-0.2, -0.15) is 5.10 Å². The molecule has 0 bridgehead atoms. The summed E-state index contributed by atoms with van der Waals surface area (Å²) in [6.45, 7) is 7.12. The Balaban J connectivity index is 0.974. The number of aryl methyl sites for hydroxylation is 1. The van der Waals surface area contributed by atoms with Crippen molar-refractivity contribution in [2.75, 3.05) is 39.3 Å². The van der Waals surface area contributed by atoms with E-state index in [9.17, 15) is 9.18 Å². The molecular weight excluding hydrogens is 575 g/mol. The molecule has 0 spiro atoms. The van der Waals surface area contributed by atoms with Crippen LogP contribution in [0.2, 0.25) is 0 Å². The van der Waals surface area contributed by atoms with E-state index in [1.165, 1.54) is 56.5 Å². The number of ether oxygens (including phenoxy) is 1. The number of rotatable bonds is 14. The van der Waals surface area contributed by atoms with Gasteiger partial charge in [-0.25, -0.2) is 9.07 Å². The maximum absolute atomic E-state index is 13.5. The van der Waals surface area contributed by atoms with Gasteiger partial charge in [0.1, 0.15) is 11.6 Å². The molecule has 0 saturated carbocycles. The largest absolute Gasteiger partial charge is 0.494 e. The molecule has 1 atom stereocenters. The molecular formula is C39H49FN4O2. The Morgan fingerprint density at radius 1 is 0.761 bits per heavy atom. The average molecular weight is 625 g/mol. The summed E-state index contributed by atoms with van der Waals surface area (Å²) in [7, 11) is 0. The van der Waals surface area contributed by atoms with Gasteiger partial charge >= 0.3 is 0 Å². The minimum Gasteiger partial charge on any atom is -0.494 e. The Morgan fingerprint density at radius 2 is 1.50 bits per heavy atom. The van der Waals surface area contributed by atoms with Crippen molar-refractivity contribution in [2.45, 2.75) is 83.2 Å². The number of nitrogens with zero attached hydrogens (tertiary/aromatic N) is 4. The Hall–Kier alpha value is -3.55. The van der Waals surface area contributed by atoms with Gasteiger partial charge in [0.05, 0.1) is 24.2 Å². The molecule has 1 aromatic heterocycles. The van der Waals surface area contributed by atoms with E-state index in [-0.39, 0.29) is 11.4 Å². The van der Waals surface area contributed by atoms with Crippen molar-refractivity contribution in [1.82, 2.24) is 19.6 Å². The lowest BCUT2D eigenvalue weighted by atomic mass is 10.0. The van der Waals surface area contributed by atoms with E-state index >= 15 is 0 Å². The van der Waals surface area contributed by atoms with Gasteiger partial charge in [0.2, 0.25) is 0 Å². The SMILES string of the molecule is O=c1c2ccccc2c(Cc2ccc(F)cc2)nn1C[C@H]1CCCN1CCCCc1ccc(OCCCN2CCCCCC2)cc1. The maximum Gasteiger partial charge on any atom is 0.274 e. The zero-order chi connectivity index (χ0) is 31.6. The molecule has 2 saturated heterocycles. The van der Waals surface area contributed by atoms with Crippen molar-refractivity contribution < 1.29 is 9.13 Å². The second-order valence-electron chi connectivity index (χ2n) is 13.2. The molecule has 6 nitrogen and oxygen atoms in total. The molecule has 46 heavy (non-hydrogen) atoms. The van der Waals surface area contributed by atoms with Crippen LogP contribution in [-0.4, -0.2) is 65.0 Å². The summed E-state index contributed by atoms with van der Waals surface area (Å²) in [6.07, 6.45) is 12.6. The number of hydrogen-bond acceptors (Lipinski definition) is 5. The van der Waals surface area contributed by atoms with Gasteiger partial charge in [0.15, 0.2) is 0 Å². The number of likely N-dealkylation sites (tertiary alicyclic amines) is 2. The second-order valence-corrected chi connectivity index (χ2v) is 13.2. The van der Waals surface area contributed by atoms with Gasteiger partial charge in [-0.15, -0.1) is 0 Å². The maximum atomic E-state index is 13.5. The molecule has 244 valence electrons. The Morgan fingerprint density at radius 3 is 2.28 bits per heavy atom. The first-order valence-corrected chi connectivity index (χ1v) is 17.5. The highest BCUT2D eigenvalue weighted by atomic mass is 19.1. The molecule has 0 amide bonds. The van der Waals surface area contributed by atoms with E-state index in [0.29, 0.717) is 24.4 Å². The first-order valence-electron chi connectivity index (χ1n) is 17.5. The van der Waals surface area contributed by atoms with Crippen molar-refractivity contribution in [3.8, 4) is 5.75 Å². The van der Waals surface area contributed by atoms with Crippen LogP contribution in [0.5, 0.6) is 5.75 Å². The smallest absolute Gasteiger partial charge is 0.274 e. The molecule has 7 heteroatoms. The Bertz CT molecular complexity index is 1580. The first-order chi connectivity index (χ1) is 22.6. The van der Waals surface area contributed by atoms with Crippen molar-refractivity contribution in [1.29, 1.82) is 0 Å². The van der Waals surface area contributed by atoms with Crippen LogP contribution in [0.1, 0.15) is 74.6 Å². The van der Waals surface area contributed by atoms with Crippen molar-refractivity contribution >= 4 is 10.8 Å². The fourth-order valence-corrected chi connectivity index (χ4v) is 7.19. The van der Waals surface area contributed by atoms with Crippen molar-refractivity contribution in [2.24, 2.45) is 0 Å². The summed E-state index contributed by atoms with van der Waals surface area (Å²) < 4.78 is 21.2. The van der Waals surface area contributed by atoms with E-state index in [1.54, 1.807) is 16.8 Å². The normalized spacial score (nSPS) is 17.8. The van der Waals surface area contributed by atoms with Crippen LogP contribution in [0.25, 0.3) is 10.8 Å². The molecule has 3 heterocycles. The molecule has 0 aliphatic carbocycles. The highest BCUT2D eigenvalue weighted by Gasteiger charge is 2.25. The molecule has 6 rings (SSSR count). The summed E-state index contributed by atoms with van der Waals surface area (Å²) in [4.78, 5) is 18.6. The van der Waals surface area contributed by atoms with E-state index in [2.05, 4.69) is 34.1 Å². The van der Waals surface area contributed by atoms with Crippen LogP contribution in [0.15, 0.2) is 77.6 Å². The fourth-order valence-electron chi connectivity index (χ4n) is 7.19. The van der Waals surface area contributed by atoms with Crippen LogP contribution < -0.4 is 10.3 Å². The number of hydrogen-bond donors (Lipinski definition) is 0. The van der Waals surface area contributed by atoms with E-state index in [1.807, 2.05) is 24.3 Å². The summed E-state index contributed by atoms with van der Waals surface area (Å²) >= 11 is 0. The molecule has 0 radical (unpaired) electrons. The molecule has 0 N–H and O–H groups in total. The predicted octanol–water partition coefficient (Wildman–Crippen LogP) is 7.26. The second kappa shape index (κ2) is 16.3. The predicted molar refractivity (Wildman–Crippen MR) is 184 cm³/mol. The van der Waals surface area contributed by atoms with Crippen LogP contribution in [-0.2, 0) is 19.4 Å². The quantitative estimate of drug-likeness (QED) is 0.138. The lowest BCUT2D eigenvalue weighted by Crippen LogP contribution is -2.38. The fraction of sp³-hybridized carbons (Fsp3) is 0.487. The molecule has 2 aliphatic heterocycles. The Labute approximate surface area is 273 Å². The number of halogens is 1. The van der Waals surface area contributed by atoms with Crippen molar-refractivity contribution in [3.63, 3.8) is 0 Å².